The van der Waals surface area contributed by atoms with Gasteiger partial charge in [0.1, 0.15) is 0 Å². The van der Waals surface area contributed by atoms with Crippen LogP contribution < -0.4 is 0 Å². The first-order valence-electron chi connectivity index (χ1n) is 9.11. The molecule has 3 heterocycles. The second kappa shape index (κ2) is 7.92. The molecule has 1 saturated heterocycles. The highest BCUT2D eigenvalue weighted by Gasteiger charge is 2.24. The van der Waals surface area contributed by atoms with Gasteiger partial charge in [0.25, 0.3) is 0 Å². The third-order valence-electron chi connectivity index (χ3n) is 5.32. The maximum Gasteiger partial charge on any atom is 0.0738 e. The van der Waals surface area contributed by atoms with Crippen LogP contribution in [-0.4, -0.2) is 49.1 Å². The molecule has 1 aliphatic heterocycles. The van der Waals surface area contributed by atoms with Crippen LogP contribution in [0.2, 0.25) is 0 Å². The van der Waals surface area contributed by atoms with Gasteiger partial charge in [-0.2, -0.15) is 0 Å². The lowest BCUT2D eigenvalue weighted by molar-refractivity contribution is 0.147. The topological polar surface area (TPSA) is 54.2 Å². The van der Waals surface area contributed by atoms with Crippen LogP contribution >= 0.6 is 22.6 Å². The van der Waals surface area contributed by atoms with E-state index < -0.39 is 0 Å². The molecule has 0 spiro atoms. The Bertz CT molecular complexity index is 886. The van der Waals surface area contributed by atoms with Crippen LogP contribution in [0.1, 0.15) is 35.6 Å². The van der Waals surface area contributed by atoms with Crippen molar-refractivity contribution in [3.63, 3.8) is 0 Å². The van der Waals surface area contributed by atoms with Gasteiger partial charge in [-0.15, -0.1) is 9.94 Å². The summed E-state index contributed by atoms with van der Waals surface area (Å²) in [6, 6.07) is 8.47. The Morgan fingerprint density at radius 3 is 2.81 bits per heavy atom. The van der Waals surface area contributed by atoms with E-state index in [2.05, 4.69) is 55.8 Å². The van der Waals surface area contributed by atoms with Gasteiger partial charge in [0.05, 0.1) is 11.9 Å². The maximum absolute atomic E-state index is 9.93. The van der Waals surface area contributed by atoms with E-state index >= 15 is 0 Å². The van der Waals surface area contributed by atoms with Crippen molar-refractivity contribution in [2.75, 3.05) is 24.1 Å². The molecule has 1 aromatic carbocycles. The van der Waals surface area contributed by atoms with Crippen LogP contribution in [0.5, 0.6) is 0 Å². The summed E-state index contributed by atoms with van der Waals surface area (Å²) in [7, 11) is 0. The Hall–Kier alpha value is -1.67. The molecular weight excluding hydrogens is 439 g/mol. The second-order valence-electron chi connectivity index (χ2n) is 6.99. The van der Waals surface area contributed by atoms with Gasteiger partial charge in [-0.1, -0.05) is 34.7 Å². The number of hydrogen-bond donors (Lipinski definition) is 1. The minimum Gasteiger partial charge on any atom is -0.412 e. The van der Waals surface area contributed by atoms with Gasteiger partial charge in [0.15, 0.2) is 0 Å². The van der Waals surface area contributed by atoms with E-state index in [-0.39, 0.29) is 0 Å². The van der Waals surface area contributed by atoms with Crippen molar-refractivity contribution in [3.8, 4) is 0 Å². The fourth-order valence-corrected chi connectivity index (χ4v) is 4.59. The molecule has 2 aromatic heterocycles. The van der Waals surface area contributed by atoms with Crippen LogP contribution in [0.3, 0.4) is 0 Å². The minimum absolute atomic E-state index is 0.485. The summed E-state index contributed by atoms with van der Waals surface area (Å²) in [5.74, 6) is 0.485. The summed E-state index contributed by atoms with van der Waals surface area (Å²) in [6.07, 6.45) is 8.53. The lowest BCUT2D eigenvalue weighted by atomic mass is 9.88. The first kappa shape index (κ1) is 17.7. The summed E-state index contributed by atoms with van der Waals surface area (Å²) in [6.45, 7) is 3.43. The zero-order chi connectivity index (χ0) is 17.9. The quantitative estimate of drug-likeness (QED) is 0.356. The normalized spacial score (nSPS) is 16.3. The zero-order valence-corrected chi connectivity index (χ0v) is 16.8. The van der Waals surface area contributed by atoms with Gasteiger partial charge in [-0.25, -0.2) is 0 Å². The molecule has 4 rings (SSSR count). The van der Waals surface area contributed by atoms with Crippen LogP contribution in [0.4, 0.5) is 0 Å². The average molecular weight is 462 g/mol. The third kappa shape index (κ3) is 3.86. The number of hydrogen-bond acceptors (Lipinski definition) is 4. The largest absolute Gasteiger partial charge is 0.412 e. The van der Waals surface area contributed by atoms with E-state index in [9.17, 15) is 5.21 Å². The molecule has 26 heavy (non-hydrogen) atoms. The lowest BCUT2D eigenvalue weighted by Crippen LogP contribution is -2.34. The second-order valence-corrected chi connectivity index (χ2v) is 8.07. The third-order valence-corrected chi connectivity index (χ3v) is 5.80. The van der Waals surface area contributed by atoms with E-state index in [4.69, 9.17) is 0 Å². The summed E-state index contributed by atoms with van der Waals surface area (Å²) in [4.78, 5) is 7.73. The number of fused-ring (bicyclic) bond motifs is 1. The smallest absolute Gasteiger partial charge is 0.0738 e. The predicted molar refractivity (Wildman–Crippen MR) is 111 cm³/mol. The minimum atomic E-state index is 0.485. The van der Waals surface area contributed by atoms with Crippen LogP contribution in [0, 0.1) is 0 Å². The fourth-order valence-electron chi connectivity index (χ4n) is 3.91. The molecule has 1 N–H and O–H groups in total. The Morgan fingerprint density at radius 2 is 2.00 bits per heavy atom. The Morgan fingerprint density at radius 1 is 1.15 bits per heavy atom. The Balaban J connectivity index is 1.54. The molecule has 1 aliphatic rings. The first-order valence-corrected chi connectivity index (χ1v) is 10.6. The molecule has 0 radical (unpaired) electrons. The van der Waals surface area contributed by atoms with Crippen molar-refractivity contribution < 1.29 is 5.21 Å². The number of pyridine rings is 1. The summed E-state index contributed by atoms with van der Waals surface area (Å²) in [5, 5.41) is 16.6. The number of benzene rings is 1. The Kier molecular flexibility index (Phi) is 5.40. The average Bonchev–Trinajstić information content (AvgIpc) is 3.03. The molecule has 0 atom stereocenters. The van der Waals surface area contributed by atoms with Gasteiger partial charge in [0.2, 0.25) is 0 Å². The molecule has 0 bridgehead atoms. The molecule has 136 valence electrons. The number of alkyl halides is 1. The molecule has 0 aliphatic carbocycles. The van der Waals surface area contributed by atoms with E-state index in [0.29, 0.717) is 5.92 Å². The highest BCUT2D eigenvalue weighted by atomic mass is 127. The molecule has 5 nitrogen and oxygen atoms in total. The number of rotatable bonds is 5. The number of likely N-dealkylation sites (tertiary alicyclic amines) is 1. The molecule has 0 unspecified atom stereocenters. The standard InChI is InChI=1S/C20H23IN4O/c21-6-10-24-8-4-17(5-9-24)19-14-25(26)23-20(19)12-15-1-2-16-3-7-22-13-18(16)11-15/h1-3,7,11,13-14,17,26H,4-6,8-10,12H2. The van der Waals surface area contributed by atoms with Crippen LogP contribution in [0.25, 0.3) is 10.8 Å². The van der Waals surface area contributed by atoms with Crippen LogP contribution in [0.15, 0.2) is 42.9 Å². The number of halogens is 1. The molecule has 0 saturated carbocycles. The number of nitrogens with zero attached hydrogens (tertiary/aromatic N) is 4. The van der Waals surface area contributed by atoms with Crippen molar-refractivity contribution in [1.29, 1.82) is 0 Å². The Labute approximate surface area is 167 Å². The highest BCUT2D eigenvalue weighted by molar-refractivity contribution is 14.1. The van der Waals surface area contributed by atoms with Gasteiger partial charge >= 0.3 is 0 Å². The van der Waals surface area contributed by atoms with Gasteiger partial charge in [0, 0.05) is 40.7 Å². The first-order chi connectivity index (χ1) is 12.7. The predicted octanol–water partition coefficient (Wildman–Crippen LogP) is 3.87. The molecule has 0 amide bonds. The highest BCUT2D eigenvalue weighted by Crippen LogP contribution is 2.31. The van der Waals surface area contributed by atoms with Gasteiger partial charge in [-0.05, 0) is 54.9 Å². The van der Waals surface area contributed by atoms with Gasteiger partial charge in [-0.3, -0.25) is 4.98 Å². The number of piperidine rings is 1. The summed E-state index contributed by atoms with van der Waals surface area (Å²) < 4.78 is 1.18. The van der Waals surface area contributed by atoms with Crippen LogP contribution in [-0.2, 0) is 6.42 Å². The van der Waals surface area contributed by atoms with Crippen molar-refractivity contribution >= 4 is 33.4 Å². The molecule has 3 aromatic rings. The van der Waals surface area contributed by atoms with E-state index in [1.165, 1.54) is 27.5 Å². The van der Waals surface area contributed by atoms with Crippen molar-refractivity contribution in [2.24, 2.45) is 0 Å². The molecule has 1 fully saturated rings. The summed E-state index contributed by atoms with van der Waals surface area (Å²) >= 11 is 2.44. The number of aromatic nitrogens is 3. The molecule has 6 heteroatoms. The fraction of sp³-hybridized carbons (Fsp3) is 0.400. The van der Waals surface area contributed by atoms with Crippen molar-refractivity contribution in [2.45, 2.75) is 25.2 Å². The molecular formula is C20H23IN4O. The van der Waals surface area contributed by atoms with Gasteiger partial charge < -0.3 is 10.1 Å². The van der Waals surface area contributed by atoms with E-state index in [0.717, 1.165) is 48.3 Å². The van der Waals surface area contributed by atoms with Crippen molar-refractivity contribution in [1.82, 2.24) is 19.8 Å². The zero-order valence-electron chi connectivity index (χ0n) is 14.7. The van der Waals surface area contributed by atoms with E-state index in [1.807, 2.05) is 18.5 Å². The maximum atomic E-state index is 9.93. The van der Waals surface area contributed by atoms with E-state index in [1.54, 1.807) is 6.20 Å². The van der Waals surface area contributed by atoms with Crippen molar-refractivity contribution in [3.05, 3.63) is 59.7 Å². The monoisotopic (exact) mass is 462 g/mol. The lowest BCUT2D eigenvalue weighted by Gasteiger charge is -2.31. The summed E-state index contributed by atoms with van der Waals surface area (Å²) in [5.41, 5.74) is 3.39. The SMILES string of the molecule is On1cc(C2CCN(CCI)CC2)c(Cc2ccc3ccncc3c2)n1.